The van der Waals surface area contributed by atoms with E-state index in [1.165, 1.54) is 29.2 Å². The van der Waals surface area contributed by atoms with Crippen LogP contribution in [0, 0.1) is 6.92 Å². The summed E-state index contributed by atoms with van der Waals surface area (Å²) in [6, 6.07) is 5.72. The van der Waals surface area contributed by atoms with E-state index in [0.29, 0.717) is 36.0 Å². The Hall–Kier alpha value is -3.79. The summed E-state index contributed by atoms with van der Waals surface area (Å²) in [5.74, 6) is -1.19. The lowest BCUT2D eigenvalue weighted by molar-refractivity contribution is -0.148. The van der Waals surface area contributed by atoms with Crippen LogP contribution in [-0.2, 0) is 6.18 Å². The Morgan fingerprint density at radius 2 is 1.70 bits per heavy atom. The number of aryl methyl sites for hydroxylation is 1. The van der Waals surface area contributed by atoms with Gasteiger partial charge in [-0.2, -0.15) is 30.7 Å². The number of carbonyl (C=O) groups is 2. The number of nitrogens with one attached hydrogen (secondary N) is 3. The second-order valence-corrected chi connectivity index (χ2v) is 9.83. The number of benzene rings is 1. The monoisotopic (exact) mass is 587 g/mol. The zero-order chi connectivity index (χ0) is 29.1. The average Bonchev–Trinajstić information content (AvgIpc) is 3.24. The molecule has 16 heteroatoms. The first-order valence-electron chi connectivity index (χ1n) is 11.9. The minimum Gasteiger partial charge on any atom is -0.349 e. The van der Waals surface area contributed by atoms with Crippen LogP contribution in [0.3, 0.4) is 0 Å². The highest BCUT2D eigenvalue weighted by Gasteiger charge is 2.34. The smallest absolute Gasteiger partial charge is 0.349 e. The molecule has 3 heterocycles. The summed E-state index contributed by atoms with van der Waals surface area (Å²) >= 11 is 0.866. The summed E-state index contributed by atoms with van der Waals surface area (Å²) in [7, 11) is 0. The Labute approximate surface area is 228 Å². The number of hydrogen-bond acceptors (Lipinski definition) is 8. The zero-order valence-electron chi connectivity index (χ0n) is 20.9. The molecule has 0 spiro atoms. The molecular formula is C24H23F6N7O2S. The number of hydrogen-bond donors (Lipinski definition) is 3. The van der Waals surface area contributed by atoms with E-state index in [1.807, 2.05) is 0 Å². The van der Waals surface area contributed by atoms with Crippen molar-refractivity contribution in [1.82, 2.24) is 24.6 Å². The van der Waals surface area contributed by atoms with E-state index in [2.05, 4.69) is 30.3 Å². The van der Waals surface area contributed by atoms with Gasteiger partial charge in [-0.15, -0.1) is 0 Å². The van der Waals surface area contributed by atoms with E-state index in [-0.39, 0.29) is 35.5 Å². The van der Waals surface area contributed by atoms with Crippen LogP contribution in [0.1, 0.15) is 44.9 Å². The van der Waals surface area contributed by atoms with Crippen LogP contribution in [0.5, 0.6) is 0 Å². The number of alkyl halides is 6. The molecule has 0 unspecified atom stereocenters. The maximum absolute atomic E-state index is 13.0. The molecule has 214 valence electrons. The molecule has 4 rings (SSSR count). The number of carbonyl (C=O) groups excluding carboxylic acids is 2. The van der Waals surface area contributed by atoms with Crippen molar-refractivity contribution in [3.05, 3.63) is 59.2 Å². The number of likely N-dealkylation sites (tertiary alicyclic amines) is 1. The van der Waals surface area contributed by atoms with E-state index in [9.17, 15) is 35.9 Å². The molecule has 1 saturated heterocycles. The van der Waals surface area contributed by atoms with Crippen molar-refractivity contribution < 1.29 is 35.9 Å². The van der Waals surface area contributed by atoms with Crippen LogP contribution in [0.25, 0.3) is 0 Å². The first-order chi connectivity index (χ1) is 18.8. The van der Waals surface area contributed by atoms with E-state index in [0.717, 1.165) is 17.7 Å². The number of piperidine rings is 1. The van der Waals surface area contributed by atoms with Crippen LogP contribution in [0.4, 0.5) is 42.8 Å². The summed E-state index contributed by atoms with van der Waals surface area (Å²) in [6.45, 7) is 1.04. The molecule has 0 atom stereocenters. The summed E-state index contributed by atoms with van der Waals surface area (Å²) in [6.07, 6.45) is -6.49. The third kappa shape index (κ3) is 7.65. The van der Waals surface area contributed by atoms with Crippen molar-refractivity contribution in [3.63, 3.8) is 0 Å². The van der Waals surface area contributed by atoms with Crippen LogP contribution in [0.15, 0.2) is 36.7 Å². The maximum Gasteiger partial charge on any atom is 0.434 e. The highest BCUT2D eigenvalue weighted by atomic mass is 32.1. The fourth-order valence-corrected chi connectivity index (χ4v) is 4.86. The fraction of sp³-hybridized carbons (Fsp3) is 0.375. The minimum absolute atomic E-state index is 0.0999. The van der Waals surface area contributed by atoms with Crippen LogP contribution >= 0.6 is 11.5 Å². The number of halogens is 6. The summed E-state index contributed by atoms with van der Waals surface area (Å²) in [5.41, 5.74) is -0.113. The Morgan fingerprint density at radius 1 is 1.02 bits per heavy atom. The first-order valence-corrected chi connectivity index (χ1v) is 12.7. The molecule has 2 aromatic heterocycles. The van der Waals surface area contributed by atoms with E-state index < -0.39 is 36.4 Å². The molecule has 3 N–H and O–H groups in total. The molecule has 0 aliphatic carbocycles. The van der Waals surface area contributed by atoms with Gasteiger partial charge in [0.25, 0.3) is 11.8 Å². The van der Waals surface area contributed by atoms with E-state index >= 15 is 0 Å². The Balaban J connectivity index is 1.35. The summed E-state index contributed by atoms with van der Waals surface area (Å²) < 4.78 is 80.6. The maximum atomic E-state index is 13.0. The van der Waals surface area contributed by atoms with E-state index in [1.54, 1.807) is 6.92 Å². The number of aromatic nitrogens is 3. The van der Waals surface area contributed by atoms with Gasteiger partial charge in [0, 0.05) is 30.4 Å². The highest BCUT2D eigenvalue weighted by molar-refractivity contribution is 7.10. The standard InChI is InChI=1S/C24H23F6N7O2S/c1-13-19(22(40-36-13)35-18-11-31-10-17(34-18)24(28,29)30)21(39)33-15-4-2-14(3-5-15)20(38)32-16-6-8-37(9-7-16)12-23(25,26)27/h2-5,10-11,16H,6-9,12H2,1H3,(H,32,38)(H,33,39)(H,34,35). The Morgan fingerprint density at radius 3 is 2.33 bits per heavy atom. The van der Waals surface area contributed by atoms with Crippen molar-refractivity contribution in [3.8, 4) is 0 Å². The summed E-state index contributed by atoms with van der Waals surface area (Å²) in [5, 5.41) is 8.31. The SMILES string of the molecule is Cc1nsc(Nc2cncc(C(F)(F)F)n2)c1C(=O)Nc1ccc(C(=O)NC2CCN(CC(F)(F)F)CC2)cc1. The topological polar surface area (TPSA) is 112 Å². The van der Waals surface area contributed by atoms with Gasteiger partial charge in [0.15, 0.2) is 5.69 Å². The molecule has 1 aromatic carbocycles. The van der Waals surface area contributed by atoms with Crippen molar-refractivity contribution in [1.29, 1.82) is 0 Å². The lowest BCUT2D eigenvalue weighted by atomic mass is 10.0. The van der Waals surface area contributed by atoms with Gasteiger partial charge in [0.05, 0.1) is 30.2 Å². The van der Waals surface area contributed by atoms with Crippen LogP contribution < -0.4 is 16.0 Å². The highest BCUT2D eigenvalue weighted by Crippen LogP contribution is 2.31. The molecule has 3 aromatic rings. The Bertz CT molecular complexity index is 1350. The number of amides is 2. The number of rotatable bonds is 7. The number of anilines is 3. The second kappa shape index (κ2) is 11.8. The minimum atomic E-state index is -4.69. The van der Waals surface area contributed by atoms with Gasteiger partial charge in [0.1, 0.15) is 10.8 Å². The van der Waals surface area contributed by atoms with Crippen molar-refractivity contribution in [2.24, 2.45) is 0 Å². The molecule has 1 aliphatic heterocycles. The Kier molecular flexibility index (Phi) is 8.58. The average molecular weight is 588 g/mol. The van der Waals surface area contributed by atoms with E-state index in [4.69, 9.17) is 0 Å². The predicted molar refractivity (Wildman–Crippen MR) is 135 cm³/mol. The van der Waals surface area contributed by atoms with Gasteiger partial charge in [-0.25, -0.2) is 4.98 Å². The van der Waals surface area contributed by atoms with Crippen molar-refractivity contribution in [2.45, 2.75) is 38.2 Å². The van der Waals surface area contributed by atoms with Gasteiger partial charge in [-0.05, 0) is 55.6 Å². The van der Waals surface area contributed by atoms with Gasteiger partial charge >= 0.3 is 12.4 Å². The molecule has 1 aliphatic rings. The largest absolute Gasteiger partial charge is 0.434 e. The quantitative estimate of drug-likeness (QED) is 0.333. The molecule has 2 amide bonds. The third-order valence-corrected chi connectivity index (χ3v) is 6.84. The van der Waals surface area contributed by atoms with Crippen LogP contribution in [0.2, 0.25) is 0 Å². The predicted octanol–water partition coefficient (Wildman–Crippen LogP) is 5.01. The molecule has 0 radical (unpaired) electrons. The molecule has 1 fully saturated rings. The second-order valence-electron chi connectivity index (χ2n) is 9.05. The zero-order valence-corrected chi connectivity index (χ0v) is 21.7. The van der Waals surface area contributed by atoms with Crippen molar-refractivity contribution in [2.75, 3.05) is 30.3 Å². The van der Waals surface area contributed by atoms with Crippen LogP contribution in [-0.4, -0.2) is 62.9 Å². The molecule has 9 nitrogen and oxygen atoms in total. The van der Waals surface area contributed by atoms with Gasteiger partial charge in [-0.1, -0.05) is 0 Å². The molecular weight excluding hydrogens is 564 g/mol. The number of nitrogens with zero attached hydrogens (tertiary/aromatic N) is 4. The first kappa shape index (κ1) is 29.2. The lowest BCUT2D eigenvalue weighted by Gasteiger charge is -2.32. The summed E-state index contributed by atoms with van der Waals surface area (Å²) in [4.78, 5) is 33.9. The van der Waals surface area contributed by atoms with Gasteiger partial charge in [-0.3, -0.25) is 19.5 Å². The third-order valence-electron chi connectivity index (χ3n) is 5.99. The normalized spacial score (nSPS) is 15.1. The fourth-order valence-electron chi connectivity index (χ4n) is 4.06. The van der Waals surface area contributed by atoms with Gasteiger partial charge in [0.2, 0.25) is 0 Å². The van der Waals surface area contributed by atoms with Gasteiger partial charge < -0.3 is 16.0 Å². The lowest BCUT2D eigenvalue weighted by Crippen LogP contribution is -2.47. The molecule has 40 heavy (non-hydrogen) atoms. The van der Waals surface area contributed by atoms with Crippen molar-refractivity contribution >= 4 is 39.9 Å². The molecule has 0 saturated carbocycles. The molecule has 0 bridgehead atoms.